The van der Waals surface area contributed by atoms with Crippen LogP contribution < -0.4 is 9.64 Å². The molecule has 2 bridgehead atoms. The molecular formula is C39H57N5O4Si2. The zero-order valence-electron chi connectivity index (χ0n) is 31.3. The first-order chi connectivity index (χ1) is 24.0. The summed E-state index contributed by atoms with van der Waals surface area (Å²) in [6.07, 6.45) is 10.3. The third-order valence-corrected chi connectivity index (χ3v) is 13.5. The molecule has 0 amide bonds. The van der Waals surface area contributed by atoms with Crippen LogP contribution in [0.25, 0.3) is 28.0 Å². The molecule has 4 aromatic rings. The maximum absolute atomic E-state index is 6.39. The highest BCUT2D eigenvalue weighted by Crippen LogP contribution is 2.48. The summed E-state index contributed by atoms with van der Waals surface area (Å²) >= 11 is 0. The van der Waals surface area contributed by atoms with Crippen LogP contribution in [0.3, 0.4) is 0 Å². The number of fused-ring (bicyclic) bond motifs is 3. The van der Waals surface area contributed by atoms with E-state index < -0.39 is 16.1 Å². The Morgan fingerprint density at radius 3 is 2.10 bits per heavy atom. The molecule has 0 N–H and O–H groups in total. The molecular weight excluding hydrogens is 659 g/mol. The first-order valence-electron chi connectivity index (χ1n) is 18.4. The Morgan fingerprint density at radius 1 is 0.820 bits per heavy atom. The maximum atomic E-state index is 6.39. The summed E-state index contributed by atoms with van der Waals surface area (Å²) in [6, 6.07) is 16.6. The SMILES string of the molecule is COCOc1cc(-c2cnn3c(N(COCC[Si](C)(C)C)COCC[Si](C)(C)C)cc([C@H]4C[C@@H]5CC[C@@H](C5)C4)nc23)cnc1-c1ccccc1. The lowest BCUT2D eigenvalue weighted by Crippen LogP contribution is -2.33. The Hall–Kier alpha value is -3.10. The van der Waals surface area contributed by atoms with Gasteiger partial charge in [-0.15, -0.1) is 0 Å². The van der Waals surface area contributed by atoms with Crippen molar-refractivity contribution in [3.05, 3.63) is 60.6 Å². The zero-order chi connectivity index (χ0) is 35.3. The van der Waals surface area contributed by atoms with Gasteiger partial charge in [-0.05, 0) is 49.3 Å². The zero-order valence-corrected chi connectivity index (χ0v) is 33.3. The number of methoxy groups -OCH3 is 1. The highest BCUT2D eigenvalue weighted by molar-refractivity contribution is 6.76. The van der Waals surface area contributed by atoms with Crippen LogP contribution >= 0.6 is 0 Å². The second-order valence-corrected chi connectivity index (χ2v) is 28.0. The quantitative estimate of drug-likeness (QED) is 0.0608. The molecule has 3 aromatic heterocycles. The van der Waals surface area contributed by atoms with E-state index in [1.165, 1.54) is 32.1 Å². The van der Waals surface area contributed by atoms with Gasteiger partial charge in [-0.1, -0.05) is 82.5 Å². The largest absolute Gasteiger partial charge is 0.465 e. The van der Waals surface area contributed by atoms with Crippen LogP contribution in [0.15, 0.2) is 54.9 Å². The first-order valence-corrected chi connectivity index (χ1v) is 25.9. The van der Waals surface area contributed by atoms with Crippen LogP contribution in [0.1, 0.15) is 43.7 Å². The minimum absolute atomic E-state index is 0.126. The minimum atomic E-state index is -1.24. The highest BCUT2D eigenvalue weighted by atomic mass is 28.3. The van der Waals surface area contributed by atoms with E-state index in [-0.39, 0.29) is 6.79 Å². The minimum Gasteiger partial charge on any atom is -0.465 e. The Balaban J connectivity index is 1.40. The van der Waals surface area contributed by atoms with E-state index in [2.05, 4.69) is 50.2 Å². The summed E-state index contributed by atoms with van der Waals surface area (Å²) in [5.74, 6) is 3.63. The lowest BCUT2D eigenvalue weighted by molar-refractivity contribution is 0.0513. The molecule has 0 aliphatic heterocycles. The van der Waals surface area contributed by atoms with Gasteiger partial charge in [-0.3, -0.25) is 4.98 Å². The van der Waals surface area contributed by atoms with Gasteiger partial charge in [-0.2, -0.15) is 9.61 Å². The Labute approximate surface area is 300 Å². The van der Waals surface area contributed by atoms with E-state index in [0.717, 1.165) is 76.7 Å². The van der Waals surface area contributed by atoms with Gasteiger partial charge >= 0.3 is 0 Å². The lowest BCUT2D eigenvalue weighted by atomic mass is 9.79. The van der Waals surface area contributed by atoms with Crippen molar-refractivity contribution in [1.29, 1.82) is 0 Å². The molecule has 1 aromatic carbocycles. The maximum Gasteiger partial charge on any atom is 0.188 e. The molecule has 11 heteroatoms. The number of ether oxygens (including phenoxy) is 4. The molecule has 3 atom stereocenters. The van der Waals surface area contributed by atoms with E-state index in [1.54, 1.807) is 7.11 Å². The van der Waals surface area contributed by atoms with Crippen LogP contribution in [0, 0.1) is 11.8 Å². The van der Waals surface area contributed by atoms with Gasteiger partial charge in [0.25, 0.3) is 0 Å². The molecule has 0 radical (unpaired) electrons. The number of aromatic nitrogens is 4. The average Bonchev–Trinajstić information content (AvgIpc) is 3.67. The number of rotatable bonds is 17. The predicted molar refractivity (Wildman–Crippen MR) is 207 cm³/mol. The molecule has 50 heavy (non-hydrogen) atoms. The molecule has 270 valence electrons. The highest BCUT2D eigenvalue weighted by Gasteiger charge is 2.36. The first kappa shape index (κ1) is 36.7. The fourth-order valence-corrected chi connectivity index (χ4v) is 8.78. The van der Waals surface area contributed by atoms with Crippen molar-refractivity contribution in [2.24, 2.45) is 11.8 Å². The number of hydrogen-bond donors (Lipinski definition) is 0. The number of pyridine rings is 1. The number of hydrogen-bond acceptors (Lipinski definition) is 8. The van der Waals surface area contributed by atoms with Crippen LogP contribution in [0.4, 0.5) is 5.82 Å². The van der Waals surface area contributed by atoms with Gasteiger partial charge in [-0.25, -0.2) is 4.98 Å². The van der Waals surface area contributed by atoms with Crippen LogP contribution in [-0.2, 0) is 14.2 Å². The smallest absolute Gasteiger partial charge is 0.188 e. The number of anilines is 1. The van der Waals surface area contributed by atoms with Gasteiger partial charge in [0.2, 0.25) is 0 Å². The molecule has 2 saturated carbocycles. The summed E-state index contributed by atoms with van der Waals surface area (Å²) in [4.78, 5) is 12.5. The molecule has 0 saturated heterocycles. The summed E-state index contributed by atoms with van der Waals surface area (Å²) < 4.78 is 26.1. The second-order valence-electron chi connectivity index (χ2n) is 16.8. The fraction of sp³-hybridized carbons (Fsp3) is 0.564. The summed E-state index contributed by atoms with van der Waals surface area (Å²) in [6.45, 7) is 16.8. The summed E-state index contributed by atoms with van der Waals surface area (Å²) in [7, 11) is -0.847. The van der Waals surface area contributed by atoms with Gasteiger partial charge in [0.05, 0.1) is 6.20 Å². The van der Waals surface area contributed by atoms with Crippen molar-refractivity contribution in [2.75, 3.05) is 45.5 Å². The van der Waals surface area contributed by atoms with Crippen LogP contribution in [0.2, 0.25) is 51.4 Å². The Kier molecular flexibility index (Phi) is 11.8. The Bertz CT molecular complexity index is 1670. The molecule has 9 nitrogen and oxygen atoms in total. The molecule has 3 heterocycles. The molecule has 2 fully saturated rings. The van der Waals surface area contributed by atoms with E-state index in [0.29, 0.717) is 25.1 Å². The van der Waals surface area contributed by atoms with Gasteiger partial charge in [0.15, 0.2) is 12.4 Å². The third kappa shape index (κ3) is 9.41. The monoisotopic (exact) mass is 715 g/mol. The van der Waals surface area contributed by atoms with E-state index >= 15 is 0 Å². The molecule has 2 aliphatic rings. The molecule has 2 aliphatic carbocycles. The standard InChI is InChI=1S/C39H57N5O4Si2/c1-45-28-48-36-22-33(24-40-38(36)31-11-9-8-10-12-31)34-25-41-44-37(23-35(42-39(34)44)32-20-29-13-14-30(19-29)21-32)43(26-46-15-17-49(2,3)4)27-47-16-18-50(5,6)7/h8-12,22-25,29-30,32H,13-21,26-28H2,1-7H3/t29-,30+,32+. The predicted octanol–water partition coefficient (Wildman–Crippen LogP) is 9.17. The number of nitrogens with zero attached hydrogens (tertiary/aromatic N) is 5. The van der Waals surface area contributed by atoms with E-state index in [9.17, 15) is 0 Å². The third-order valence-electron chi connectivity index (χ3n) is 10.1. The van der Waals surface area contributed by atoms with Crippen molar-refractivity contribution < 1.29 is 18.9 Å². The molecule has 0 unspecified atom stereocenters. The van der Waals surface area contributed by atoms with Gasteiger partial charge in [0.1, 0.15) is 30.7 Å². The van der Waals surface area contributed by atoms with Crippen molar-refractivity contribution in [1.82, 2.24) is 19.6 Å². The summed E-state index contributed by atoms with van der Waals surface area (Å²) in [5, 5.41) is 4.97. The van der Waals surface area contributed by atoms with Crippen LogP contribution in [0.5, 0.6) is 5.75 Å². The van der Waals surface area contributed by atoms with Gasteiger partial charge in [0, 0.05) is 77.0 Å². The van der Waals surface area contributed by atoms with E-state index in [1.807, 2.05) is 53.3 Å². The summed E-state index contributed by atoms with van der Waals surface area (Å²) in [5.41, 5.74) is 5.53. The van der Waals surface area contributed by atoms with Gasteiger partial charge < -0.3 is 23.8 Å². The molecule has 0 spiro atoms. The normalized spacial score (nSPS) is 19.3. The average molecular weight is 716 g/mol. The number of benzene rings is 1. The van der Waals surface area contributed by atoms with Crippen molar-refractivity contribution in [3.63, 3.8) is 0 Å². The Morgan fingerprint density at radius 2 is 1.48 bits per heavy atom. The lowest BCUT2D eigenvalue weighted by Gasteiger charge is -2.30. The topological polar surface area (TPSA) is 83.2 Å². The fourth-order valence-electron chi connectivity index (χ4n) is 7.27. The van der Waals surface area contributed by atoms with E-state index in [4.69, 9.17) is 34.0 Å². The van der Waals surface area contributed by atoms with Crippen molar-refractivity contribution in [3.8, 4) is 28.1 Å². The molecule has 6 rings (SSSR count). The second kappa shape index (κ2) is 16.1. The van der Waals surface area contributed by atoms with Crippen molar-refractivity contribution in [2.45, 2.75) is 89.4 Å². The van der Waals surface area contributed by atoms with Crippen LogP contribution in [-0.4, -0.2) is 76.3 Å². The van der Waals surface area contributed by atoms with Crippen molar-refractivity contribution >= 4 is 27.6 Å².